The van der Waals surface area contributed by atoms with Crippen LogP contribution in [0.1, 0.15) is 12.0 Å². The summed E-state index contributed by atoms with van der Waals surface area (Å²) in [7, 11) is 0. The van der Waals surface area contributed by atoms with E-state index in [9.17, 15) is 13.2 Å². The Labute approximate surface area is 143 Å². The van der Waals surface area contributed by atoms with Gasteiger partial charge in [-0.2, -0.15) is 0 Å². The van der Waals surface area contributed by atoms with E-state index in [-0.39, 0.29) is 36.2 Å². The van der Waals surface area contributed by atoms with Crippen molar-refractivity contribution in [1.82, 2.24) is 0 Å². The molecule has 21 heavy (non-hydrogen) atoms. The smallest absolute Gasteiger partial charge is 0.207 e. The third-order valence-electron chi connectivity index (χ3n) is 2.73. The lowest BCUT2D eigenvalue weighted by Gasteiger charge is -2.15. The molecule has 2 rings (SSSR count). The van der Waals surface area contributed by atoms with Crippen molar-refractivity contribution in [3.05, 3.63) is 54.7 Å². The molecule has 0 nitrogen and oxygen atoms in total. The van der Waals surface area contributed by atoms with E-state index in [1.54, 1.807) is 0 Å². The van der Waals surface area contributed by atoms with Crippen molar-refractivity contribution in [2.24, 2.45) is 0 Å². The molecule has 0 spiro atoms. The van der Waals surface area contributed by atoms with E-state index in [4.69, 9.17) is 58.0 Å². The predicted octanol–water partition coefficient (Wildman–Crippen LogP) is 7.70. The highest BCUT2D eigenvalue weighted by Gasteiger charge is 2.24. The molecule has 0 amide bonds. The summed E-state index contributed by atoms with van der Waals surface area (Å²) in [5.74, 6) is -0.813. The fourth-order valence-corrected chi connectivity index (χ4v) is 3.13. The minimum atomic E-state index is -2.93. The molecule has 0 saturated heterocycles. The molecule has 2 aromatic carbocycles. The Morgan fingerprint density at radius 1 is 0.762 bits per heavy atom. The van der Waals surface area contributed by atoms with Crippen LogP contribution in [0.25, 0.3) is 11.1 Å². The van der Waals surface area contributed by atoms with Gasteiger partial charge in [-0.05, 0) is 17.7 Å². The highest BCUT2D eigenvalue weighted by molar-refractivity contribution is 6.56. The molecule has 0 radical (unpaired) electrons. The minimum Gasteiger partial charge on any atom is -0.207 e. The first kappa shape index (κ1) is 17.0. The zero-order chi connectivity index (χ0) is 15.9. The molecule has 0 fully saturated rings. The molecule has 0 aliphatic rings. The zero-order valence-electron chi connectivity index (χ0n) is 9.83. The Balaban J connectivity index is 2.86. The predicted molar refractivity (Wildman–Crippen MR) is 81.8 cm³/mol. The normalized spacial score (nSPS) is 11.3. The van der Waals surface area contributed by atoms with Crippen molar-refractivity contribution < 1.29 is 13.2 Å². The first-order chi connectivity index (χ1) is 9.75. The van der Waals surface area contributed by atoms with Crippen LogP contribution in [0.15, 0.2) is 18.2 Å². The fourth-order valence-electron chi connectivity index (χ4n) is 1.78. The number of benzene rings is 2. The van der Waals surface area contributed by atoms with E-state index in [2.05, 4.69) is 0 Å². The molecule has 0 N–H and O–H groups in total. The van der Waals surface area contributed by atoms with Crippen molar-refractivity contribution in [2.75, 3.05) is 0 Å². The second-order valence-corrected chi connectivity index (χ2v) is 5.87. The lowest BCUT2D eigenvalue weighted by molar-refractivity contribution is 0.151. The Hall–Kier alpha value is -0.320. The molecule has 0 unspecified atom stereocenters. The van der Waals surface area contributed by atoms with Crippen molar-refractivity contribution in [3.63, 3.8) is 0 Å². The van der Waals surface area contributed by atoms with Crippen LogP contribution in [-0.4, -0.2) is 0 Å². The molecule has 0 aromatic heterocycles. The van der Waals surface area contributed by atoms with Gasteiger partial charge >= 0.3 is 0 Å². The molecule has 0 bridgehead atoms. The monoisotopic (exact) mass is 392 g/mol. The maximum absolute atomic E-state index is 13.2. The van der Waals surface area contributed by atoms with E-state index < -0.39 is 17.8 Å². The van der Waals surface area contributed by atoms with Gasteiger partial charge in [0.1, 0.15) is 5.82 Å². The Morgan fingerprint density at radius 2 is 1.24 bits per heavy atom. The molecule has 112 valence electrons. The van der Waals surface area contributed by atoms with Gasteiger partial charge in [0.25, 0.3) is 6.43 Å². The molecular formula is C13H4Cl5F3. The van der Waals surface area contributed by atoms with Gasteiger partial charge in [-0.3, -0.25) is 0 Å². The Kier molecular flexibility index (Phi) is 5.22. The second-order valence-electron chi connectivity index (χ2n) is 3.98. The van der Waals surface area contributed by atoms with Crippen LogP contribution >= 0.6 is 58.0 Å². The zero-order valence-corrected chi connectivity index (χ0v) is 13.6. The van der Waals surface area contributed by atoms with Crippen molar-refractivity contribution in [3.8, 4) is 11.1 Å². The van der Waals surface area contributed by atoms with Crippen LogP contribution < -0.4 is 0 Å². The molecular weight excluding hydrogens is 390 g/mol. The molecule has 0 aliphatic carbocycles. The van der Waals surface area contributed by atoms with Gasteiger partial charge in [0.05, 0.1) is 25.1 Å². The summed E-state index contributed by atoms with van der Waals surface area (Å²) in [6, 6.07) is 2.83. The number of alkyl halides is 2. The van der Waals surface area contributed by atoms with Crippen molar-refractivity contribution in [1.29, 1.82) is 0 Å². The standard InChI is InChI=1S/C13H4Cl5F3/c14-8-7(9(15)11(17)12(18)10(8)16)5-2-1-4(19)3-6(5)13(20)21/h1-3,13H. The summed E-state index contributed by atoms with van der Waals surface area (Å²) in [5.41, 5.74) is -0.664. The van der Waals surface area contributed by atoms with Crippen molar-refractivity contribution in [2.45, 2.75) is 6.43 Å². The summed E-state index contributed by atoms with van der Waals surface area (Å²) in [6.07, 6.45) is -2.93. The first-order valence-electron chi connectivity index (χ1n) is 5.35. The van der Waals surface area contributed by atoms with Crippen LogP contribution in [0.4, 0.5) is 13.2 Å². The first-order valence-corrected chi connectivity index (χ1v) is 7.24. The summed E-state index contributed by atoms with van der Waals surface area (Å²) in [6.45, 7) is 0. The minimum absolute atomic E-state index is 0.0203. The lowest BCUT2D eigenvalue weighted by atomic mass is 9.99. The van der Waals surface area contributed by atoms with Crippen molar-refractivity contribution >= 4 is 58.0 Å². The fraction of sp³-hybridized carbons (Fsp3) is 0.0769. The highest BCUT2D eigenvalue weighted by atomic mass is 35.5. The molecule has 8 heteroatoms. The second kappa shape index (κ2) is 6.43. The number of rotatable bonds is 2. The van der Waals surface area contributed by atoms with E-state index in [0.717, 1.165) is 12.1 Å². The van der Waals surface area contributed by atoms with Gasteiger partial charge in [-0.1, -0.05) is 64.1 Å². The number of halogens is 8. The van der Waals surface area contributed by atoms with E-state index in [1.807, 2.05) is 0 Å². The maximum atomic E-state index is 13.2. The SMILES string of the molecule is Fc1ccc(-c2c(Cl)c(Cl)c(Cl)c(Cl)c2Cl)c(C(F)F)c1. The third kappa shape index (κ3) is 3.08. The number of hydrogen-bond donors (Lipinski definition) is 0. The molecule has 0 aliphatic heterocycles. The molecule has 0 atom stereocenters. The molecule has 2 aromatic rings. The summed E-state index contributed by atoms with van der Waals surface area (Å²) >= 11 is 29.7. The average Bonchev–Trinajstić information content (AvgIpc) is 2.44. The van der Waals surface area contributed by atoms with Gasteiger partial charge in [0.15, 0.2) is 0 Å². The van der Waals surface area contributed by atoms with E-state index in [0.29, 0.717) is 6.07 Å². The topological polar surface area (TPSA) is 0 Å². The largest absolute Gasteiger partial charge is 0.264 e. The highest BCUT2D eigenvalue weighted by Crippen LogP contribution is 2.49. The van der Waals surface area contributed by atoms with E-state index >= 15 is 0 Å². The molecule has 0 heterocycles. The van der Waals surface area contributed by atoms with Crippen LogP contribution in [-0.2, 0) is 0 Å². The van der Waals surface area contributed by atoms with Gasteiger partial charge in [-0.25, -0.2) is 13.2 Å². The van der Waals surface area contributed by atoms with E-state index in [1.165, 1.54) is 0 Å². The molecule has 0 saturated carbocycles. The third-order valence-corrected chi connectivity index (χ3v) is 5.00. The Morgan fingerprint density at radius 3 is 1.71 bits per heavy atom. The maximum Gasteiger partial charge on any atom is 0.264 e. The van der Waals surface area contributed by atoms with Gasteiger partial charge < -0.3 is 0 Å². The average molecular weight is 394 g/mol. The van der Waals surface area contributed by atoms with Crippen LogP contribution in [0.2, 0.25) is 25.1 Å². The quantitative estimate of drug-likeness (QED) is 0.362. The summed E-state index contributed by atoms with van der Waals surface area (Å²) < 4.78 is 39.4. The number of hydrogen-bond acceptors (Lipinski definition) is 0. The summed E-state index contributed by atoms with van der Waals surface area (Å²) in [5, 5.41) is -0.591. The summed E-state index contributed by atoms with van der Waals surface area (Å²) in [4.78, 5) is 0. The lowest BCUT2D eigenvalue weighted by Crippen LogP contribution is -1.95. The van der Waals surface area contributed by atoms with Crippen LogP contribution in [0.5, 0.6) is 0 Å². The van der Waals surface area contributed by atoms with Gasteiger partial charge in [-0.15, -0.1) is 0 Å². The van der Waals surface area contributed by atoms with Crippen LogP contribution in [0, 0.1) is 5.82 Å². The van der Waals surface area contributed by atoms with Crippen LogP contribution in [0.3, 0.4) is 0 Å². The van der Waals surface area contributed by atoms with Gasteiger partial charge in [0, 0.05) is 11.1 Å². The Bertz CT molecular complexity index is 686. The van der Waals surface area contributed by atoms with Gasteiger partial charge in [0.2, 0.25) is 0 Å².